The first-order valence-electron chi connectivity index (χ1n) is 9.87. The van der Waals surface area contributed by atoms with E-state index < -0.39 is 0 Å². The van der Waals surface area contributed by atoms with Gasteiger partial charge in [-0.1, -0.05) is 6.07 Å². The highest BCUT2D eigenvalue weighted by Gasteiger charge is 2.35. The second kappa shape index (κ2) is 7.50. The Morgan fingerprint density at radius 3 is 2.64 bits per heavy atom. The standard InChI is InChI=1S/C20H24N4O3S/c25-19(23-6-8-24(9-7-23)20-21-5-12-28-20)22-18(14-1-2-14)15-3-4-16-17(13-15)27-11-10-26-16/h3-5,12-14,18H,1-2,6-11H2,(H,22,25). The van der Waals surface area contributed by atoms with Crippen LogP contribution in [-0.2, 0) is 0 Å². The average Bonchev–Trinajstić information content (AvgIpc) is 3.44. The van der Waals surface area contributed by atoms with Gasteiger partial charge in [-0.15, -0.1) is 11.3 Å². The van der Waals surface area contributed by atoms with E-state index in [2.05, 4.69) is 21.3 Å². The summed E-state index contributed by atoms with van der Waals surface area (Å²) in [5.41, 5.74) is 1.10. The van der Waals surface area contributed by atoms with E-state index in [0.717, 1.165) is 48.1 Å². The Morgan fingerprint density at radius 2 is 1.93 bits per heavy atom. The minimum Gasteiger partial charge on any atom is -0.486 e. The molecule has 148 valence electrons. The predicted molar refractivity (Wildman–Crippen MR) is 107 cm³/mol. The monoisotopic (exact) mass is 400 g/mol. The van der Waals surface area contributed by atoms with Crippen molar-refractivity contribution in [2.24, 2.45) is 5.92 Å². The SMILES string of the molecule is O=C(NC(c1ccc2c(c1)OCCO2)C1CC1)N1CCN(c2nccs2)CC1. The second-order valence-electron chi connectivity index (χ2n) is 7.46. The summed E-state index contributed by atoms with van der Waals surface area (Å²) in [4.78, 5) is 21.4. The lowest BCUT2D eigenvalue weighted by Gasteiger charge is -2.35. The van der Waals surface area contributed by atoms with Crippen LogP contribution in [0.15, 0.2) is 29.8 Å². The highest BCUT2D eigenvalue weighted by Crippen LogP contribution is 2.43. The number of anilines is 1. The number of benzene rings is 1. The van der Waals surface area contributed by atoms with E-state index in [1.807, 2.05) is 28.6 Å². The van der Waals surface area contributed by atoms with Crippen LogP contribution < -0.4 is 19.7 Å². The number of hydrogen-bond donors (Lipinski definition) is 1. The zero-order valence-electron chi connectivity index (χ0n) is 15.7. The van der Waals surface area contributed by atoms with Crippen LogP contribution in [0.1, 0.15) is 24.4 Å². The molecule has 1 aromatic heterocycles. The molecule has 3 aliphatic rings. The second-order valence-corrected chi connectivity index (χ2v) is 8.33. The van der Waals surface area contributed by atoms with Crippen LogP contribution in [0, 0.1) is 5.92 Å². The molecule has 1 unspecified atom stereocenters. The molecule has 2 aliphatic heterocycles. The number of ether oxygens (including phenoxy) is 2. The number of carbonyl (C=O) groups is 1. The van der Waals surface area contributed by atoms with Gasteiger partial charge in [-0.25, -0.2) is 9.78 Å². The van der Waals surface area contributed by atoms with E-state index in [1.165, 1.54) is 0 Å². The van der Waals surface area contributed by atoms with Crippen molar-refractivity contribution >= 4 is 22.5 Å². The number of urea groups is 1. The van der Waals surface area contributed by atoms with E-state index in [9.17, 15) is 4.79 Å². The molecule has 1 saturated heterocycles. The van der Waals surface area contributed by atoms with Gasteiger partial charge < -0.3 is 24.6 Å². The minimum absolute atomic E-state index is 0.0191. The number of fused-ring (bicyclic) bond motifs is 1. The van der Waals surface area contributed by atoms with E-state index in [0.29, 0.717) is 32.2 Å². The van der Waals surface area contributed by atoms with Crippen molar-refractivity contribution < 1.29 is 14.3 Å². The van der Waals surface area contributed by atoms with Crippen molar-refractivity contribution in [2.75, 3.05) is 44.3 Å². The molecule has 0 bridgehead atoms. The molecule has 1 atom stereocenters. The molecule has 7 nitrogen and oxygen atoms in total. The van der Waals surface area contributed by atoms with Gasteiger partial charge >= 0.3 is 6.03 Å². The van der Waals surface area contributed by atoms with Gasteiger partial charge in [-0.2, -0.15) is 0 Å². The van der Waals surface area contributed by atoms with Crippen molar-refractivity contribution in [3.8, 4) is 11.5 Å². The van der Waals surface area contributed by atoms with Crippen LogP contribution in [0.2, 0.25) is 0 Å². The fraction of sp³-hybridized carbons (Fsp3) is 0.500. The zero-order chi connectivity index (χ0) is 18.9. The fourth-order valence-electron chi connectivity index (χ4n) is 3.85. The molecule has 5 rings (SSSR count). The molecular weight excluding hydrogens is 376 g/mol. The maximum atomic E-state index is 12.9. The molecule has 1 N–H and O–H groups in total. The molecule has 1 aliphatic carbocycles. The van der Waals surface area contributed by atoms with Crippen LogP contribution in [-0.4, -0.2) is 55.3 Å². The lowest BCUT2D eigenvalue weighted by atomic mass is 10.0. The van der Waals surface area contributed by atoms with E-state index in [-0.39, 0.29) is 12.1 Å². The maximum absolute atomic E-state index is 12.9. The third-order valence-corrected chi connectivity index (χ3v) is 6.39. The smallest absolute Gasteiger partial charge is 0.318 e. The van der Waals surface area contributed by atoms with Gasteiger partial charge in [0.2, 0.25) is 0 Å². The molecular formula is C20H24N4O3S. The summed E-state index contributed by atoms with van der Waals surface area (Å²) >= 11 is 1.64. The number of hydrogen-bond acceptors (Lipinski definition) is 6. The summed E-state index contributed by atoms with van der Waals surface area (Å²) in [6.45, 7) is 4.22. The summed E-state index contributed by atoms with van der Waals surface area (Å²) in [5, 5.41) is 6.30. The maximum Gasteiger partial charge on any atom is 0.318 e. The van der Waals surface area contributed by atoms with Gasteiger partial charge in [-0.05, 0) is 36.5 Å². The first-order valence-corrected chi connectivity index (χ1v) is 10.8. The Bertz CT molecular complexity index is 832. The summed E-state index contributed by atoms with van der Waals surface area (Å²) in [5.74, 6) is 2.07. The first-order chi connectivity index (χ1) is 13.8. The highest BCUT2D eigenvalue weighted by molar-refractivity contribution is 7.13. The largest absolute Gasteiger partial charge is 0.486 e. The molecule has 28 heavy (non-hydrogen) atoms. The van der Waals surface area contributed by atoms with E-state index >= 15 is 0 Å². The molecule has 3 heterocycles. The molecule has 1 saturated carbocycles. The molecule has 1 aromatic carbocycles. The van der Waals surface area contributed by atoms with Gasteiger partial charge in [-0.3, -0.25) is 0 Å². The first kappa shape index (κ1) is 17.6. The van der Waals surface area contributed by atoms with Crippen LogP contribution in [0.5, 0.6) is 11.5 Å². The van der Waals surface area contributed by atoms with Gasteiger partial charge in [0.1, 0.15) is 13.2 Å². The quantitative estimate of drug-likeness (QED) is 0.855. The lowest BCUT2D eigenvalue weighted by Crippen LogP contribution is -2.52. The van der Waals surface area contributed by atoms with Gasteiger partial charge in [0.25, 0.3) is 0 Å². The van der Waals surface area contributed by atoms with Crippen LogP contribution in [0.3, 0.4) is 0 Å². The van der Waals surface area contributed by atoms with Gasteiger partial charge in [0.15, 0.2) is 16.6 Å². The van der Waals surface area contributed by atoms with E-state index in [1.54, 1.807) is 11.3 Å². The Kier molecular flexibility index (Phi) is 4.72. The molecule has 2 aromatic rings. The fourth-order valence-corrected chi connectivity index (χ4v) is 4.55. The van der Waals surface area contributed by atoms with Gasteiger partial charge in [0, 0.05) is 37.8 Å². The number of thiazole rings is 1. The predicted octanol–water partition coefficient (Wildman–Crippen LogP) is 2.90. The summed E-state index contributed by atoms with van der Waals surface area (Å²) in [6, 6.07) is 6.08. The number of aromatic nitrogens is 1. The summed E-state index contributed by atoms with van der Waals surface area (Å²) in [7, 11) is 0. The Balaban J connectivity index is 1.24. The summed E-state index contributed by atoms with van der Waals surface area (Å²) in [6.07, 6.45) is 4.13. The van der Waals surface area contributed by atoms with Crippen molar-refractivity contribution in [1.29, 1.82) is 0 Å². The number of piperazine rings is 1. The third-order valence-electron chi connectivity index (χ3n) is 5.55. The van der Waals surface area contributed by atoms with E-state index in [4.69, 9.17) is 9.47 Å². The average molecular weight is 401 g/mol. The normalized spacial score (nSPS) is 20.0. The molecule has 0 spiro atoms. The Morgan fingerprint density at radius 1 is 1.14 bits per heavy atom. The number of carbonyl (C=O) groups excluding carboxylic acids is 1. The topological polar surface area (TPSA) is 66.9 Å². The van der Waals surface area contributed by atoms with Gasteiger partial charge in [0.05, 0.1) is 6.04 Å². The zero-order valence-corrected chi connectivity index (χ0v) is 16.5. The lowest BCUT2D eigenvalue weighted by molar-refractivity contribution is 0.171. The highest BCUT2D eigenvalue weighted by atomic mass is 32.1. The molecule has 2 amide bonds. The minimum atomic E-state index is 0.0191. The van der Waals surface area contributed by atoms with Crippen LogP contribution in [0.25, 0.3) is 0 Å². The number of nitrogens with zero attached hydrogens (tertiary/aromatic N) is 3. The third kappa shape index (κ3) is 3.61. The van der Waals surface area contributed by atoms with Crippen LogP contribution >= 0.6 is 11.3 Å². The molecule has 2 fully saturated rings. The van der Waals surface area contributed by atoms with Crippen LogP contribution in [0.4, 0.5) is 9.93 Å². The number of rotatable bonds is 4. The van der Waals surface area contributed by atoms with Crippen molar-refractivity contribution in [1.82, 2.24) is 15.2 Å². The summed E-state index contributed by atoms with van der Waals surface area (Å²) < 4.78 is 11.3. The Labute approximate surface area is 168 Å². The number of amides is 2. The van der Waals surface area contributed by atoms with Crippen molar-refractivity contribution in [2.45, 2.75) is 18.9 Å². The van der Waals surface area contributed by atoms with Crippen molar-refractivity contribution in [3.63, 3.8) is 0 Å². The number of nitrogens with one attached hydrogen (secondary N) is 1. The molecule has 0 radical (unpaired) electrons. The molecule has 8 heteroatoms. The Hall–Kier alpha value is -2.48. The van der Waals surface area contributed by atoms with Crippen molar-refractivity contribution in [3.05, 3.63) is 35.3 Å².